The maximum Gasteiger partial charge on any atom is 0.232 e. The molecule has 6 heteroatoms. The van der Waals surface area contributed by atoms with Crippen molar-refractivity contribution in [1.82, 2.24) is 4.98 Å². The monoisotopic (exact) mass is 298 g/mol. The number of halogens is 1. The highest BCUT2D eigenvalue weighted by Crippen LogP contribution is 2.25. The molecule has 0 radical (unpaired) electrons. The number of anilines is 1. The summed E-state index contributed by atoms with van der Waals surface area (Å²) in [6.45, 7) is 1.95. The number of aromatic nitrogens is 1. The van der Waals surface area contributed by atoms with Crippen LogP contribution >= 0.6 is 11.6 Å². The van der Waals surface area contributed by atoms with Crippen LogP contribution in [0.5, 0.6) is 0 Å². The molecule has 1 aromatic heterocycles. The van der Waals surface area contributed by atoms with Crippen molar-refractivity contribution in [2.45, 2.75) is 13.3 Å². The summed E-state index contributed by atoms with van der Waals surface area (Å²) in [5.74, 6) is 0.350. The van der Waals surface area contributed by atoms with Crippen LogP contribution in [0.4, 0.5) is 5.69 Å². The number of nitrogens with zero attached hydrogens (tertiary/aromatic N) is 1. The molecule has 0 saturated carbocycles. The first-order valence-corrected chi connectivity index (χ1v) is 8.13. The van der Waals surface area contributed by atoms with Crippen molar-refractivity contribution in [3.05, 3.63) is 36.0 Å². The van der Waals surface area contributed by atoms with Crippen molar-refractivity contribution in [2.24, 2.45) is 0 Å². The molecule has 2 aromatic rings. The van der Waals surface area contributed by atoms with Crippen LogP contribution in [-0.2, 0) is 10.0 Å². The van der Waals surface area contributed by atoms with Crippen LogP contribution < -0.4 is 4.72 Å². The number of hydrogen-bond acceptors (Lipinski definition) is 3. The van der Waals surface area contributed by atoms with Crippen molar-refractivity contribution in [2.75, 3.05) is 16.4 Å². The molecular weight excluding hydrogens is 284 g/mol. The van der Waals surface area contributed by atoms with Gasteiger partial charge in [0.2, 0.25) is 10.0 Å². The van der Waals surface area contributed by atoms with Gasteiger partial charge in [-0.2, -0.15) is 0 Å². The van der Waals surface area contributed by atoms with Crippen molar-refractivity contribution < 1.29 is 8.42 Å². The Hall–Kier alpha value is -1.33. The summed E-state index contributed by atoms with van der Waals surface area (Å²) in [5.41, 5.74) is 2.38. The van der Waals surface area contributed by atoms with E-state index in [4.69, 9.17) is 11.6 Å². The Kier molecular flexibility index (Phi) is 4.27. The number of nitrogens with one attached hydrogen (secondary N) is 1. The lowest BCUT2D eigenvalue weighted by Gasteiger charge is -2.11. The predicted molar refractivity (Wildman–Crippen MR) is 79.2 cm³/mol. The summed E-state index contributed by atoms with van der Waals surface area (Å²) in [4.78, 5) is 4.28. The van der Waals surface area contributed by atoms with Crippen molar-refractivity contribution in [3.8, 4) is 0 Å². The van der Waals surface area contributed by atoms with Crippen LogP contribution in [-0.4, -0.2) is 25.0 Å². The van der Waals surface area contributed by atoms with E-state index in [0.717, 1.165) is 16.5 Å². The average Bonchev–Trinajstić information content (AvgIpc) is 2.40. The van der Waals surface area contributed by atoms with Gasteiger partial charge in [0.1, 0.15) is 0 Å². The Labute approximate surface area is 117 Å². The van der Waals surface area contributed by atoms with Gasteiger partial charge in [-0.1, -0.05) is 6.07 Å². The molecule has 0 unspecified atom stereocenters. The molecule has 0 saturated heterocycles. The van der Waals surface area contributed by atoms with Crippen LogP contribution in [0.1, 0.15) is 12.0 Å². The minimum atomic E-state index is -3.36. The van der Waals surface area contributed by atoms with Gasteiger partial charge in [0.05, 0.1) is 17.0 Å². The van der Waals surface area contributed by atoms with Gasteiger partial charge in [0, 0.05) is 17.5 Å². The fourth-order valence-corrected chi connectivity index (χ4v) is 3.30. The molecule has 0 aliphatic rings. The summed E-state index contributed by atoms with van der Waals surface area (Å²) in [6.07, 6.45) is 2.13. The van der Waals surface area contributed by atoms with Crippen molar-refractivity contribution in [3.63, 3.8) is 0 Å². The number of sulfonamides is 1. The van der Waals surface area contributed by atoms with E-state index in [1.807, 2.05) is 19.1 Å². The Morgan fingerprint density at radius 3 is 2.84 bits per heavy atom. The normalized spacial score (nSPS) is 11.7. The molecule has 0 bridgehead atoms. The van der Waals surface area contributed by atoms with E-state index in [-0.39, 0.29) is 5.75 Å². The molecule has 1 aromatic carbocycles. The second-order valence-corrected chi connectivity index (χ2v) is 6.51. The maximum atomic E-state index is 11.9. The van der Waals surface area contributed by atoms with E-state index in [9.17, 15) is 8.42 Å². The number of fused-ring (bicyclic) bond motifs is 1. The number of aryl methyl sites for hydroxylation is 1. The van der Waals surface area contributed by atoms with E-state index in [1.165, 1.54) is 0 Å². The van der Waals surface area contributed by atoms with Crippen LogP contribution in [0.2, 0.25) is 0 Å². The third-order valence-electron chi connectivity index (χ3n) is 2.78. The highest BCUT2D eigenvalue weighted by Gasteiger charge is 2.12. The smallest absolute Gasteiger partial charge is 0.232 e. The van der Waals surface area contributed by atoms with Gasteiger partial charge in [-0.25, -0.2) is 8.42 Å². The third kappa shape index (κ3) is 3.36. The molecule has 0 aliphatic heterocycles. The molecule has 1 heterocycles. The lowest BCUT2D eigenvalue weighted by atomic mass is 10.1. The maximum absolute atomic E-state index is 11.9. The fourth-order valence-electron chi connectivity index (χ4n) is 1.87. The van der Waals surface area contributed by atoms with E-state index in [1.54, 1.807) is 18.3 Å². The van der Waals surface area contributed by atoms with E-state index < -0.39 is 10.0 Å². The van der Waals surface area contributed by atoms with Gasteiger partial charge in [0.25, 0.3) is 0 Å². The SMILES string of the molecule is Cc1ccc(NS(=O)(=O)CCCCl)c2cccnc12. The standard InChI is InChI=1S/C13H15ClN2O2S/c1-10-5-6-12(11-4-2-8-15-13(10)11)16-19(17,18)9-3-7-14/h2,4-6,8,16H,3,7,9H2,1H3. The summed E-state index contributed by atoms with van der Waals surface area (Å²) < 4.78 is 26.4. The largest absolute Gasteiger partial charge is 0.283 e. The zero-order valence-electron chi connectivity index (χ0n) is 10.6. The molecule has 4 nitrogen and oxygen atoms in total. The van der Waals surface area contributed by atoms with Gasteiger partial charge in [-0.05, 0) is 37.1 Å². The molecule has 0 amide bonds. The highest BCUT2D eigenvalue weighted by molar-refractivity contribution is 7.92. The third-order valence-corrected chi connectivity index (χ3v) is 4.41. The van der Waals surface area contributed by atoms with E-state index in [0.29, 0.717) is 18.0 Å². The highest BCUT2D eigenvalue weighted by atomic mass is 35.5. The zero-order chi connectivity index (χ0) is 13.9. The van der Waals surface area contributed by atoms with Gasteiger partial charge >= 0.3 is 0 Å². The molecule has 0 atom stereocenters. The molecule has 19 heavy (non-hydrogen) atoms. The summed E-state index contributed by atoms with van der Waals surface area (Å²) in [6, 6.07) is 7.26. The second kappa shape index (κ2) is 5.75. The quantitative estimate of drug-likeness (QED) is 0.864. The number of pyridine rings is 1. The van der Waals surface area contributed by atoms with Crippen molar-refractivity contribution in [1.29, 1.82) is 0 Å². The minimum Gasteiger partial charge on any atom is -0.283 e. The lowest BCUT2D eigenvalue weighted by molar-refractivity contribution is 0.600. The molecule has 102 valence electrons. The van der Waals surface area contributed by atoms with Gasteiger partial charge in [-0.15, -0.1) is 11.6 Å². The number of benzene rings is 1. The zero-order valence-corrected chi connectivity index (χ0v) is 12.1. The van der Waals surface area contributed by atoms with Gasteiger partial charge in [-0.3, -0.25) is 9.71 Å². The van der Waals surface area contributed by atoms with Crippen LogP contribution in [0.15, 0.2) is 30.5 Å². The van der Waals surface area contributed by atoms with E-state index >= 15 is 0 Å². The molecule has 0 aliphatic carbocycles. The molecule has 1 N–H and O–H groups in total. The fraction of sp³-hybridized carbons (Fsp3) is 0.308. The molecule has 0 fully saturated rings. The van der Waals surface area contributed by atoms with Crippen LogP contribution in [0, 0.1) is 6.92 Å². The first-order chi connectivity index (χ1) is 9.03. The molecule has 0 spiro atoms. The summed E-state index contributed by atoms with van der Waals surface area (Å²) in [7, 11) is -3.36. The Balaban J connectivity index is 2.39. The predicted octanol–water partition coefficient (Wildman–Crippen LogP) is 2.91. The molecule has 2 rings (SSSR count). The van der Waals surface area contributed by atoms with Crippen LogP contribution in [0.3, 0.4) is 0 Å². The summed E-state index contributed by atoms with van der Waals surface area (Å²) >= 11 is 5.52. The second-order valence-electron chi connectivity index (χ2n) is 4.29. The van der Waals surface area contributed by atoms with E-state index in [2.05, 4.69) is 9.71 Å². The first kappa shape index (κ1) is 14.1. The lowest BCUT2D eigenvalue weighted by Crippen LogP contribution is -2.17. The number of rotatable bonds is 5. The Morgan fingerprint density at radius 2 is 2.11 bits per heavy atom. The molecular formula is C13H15ClN2O2S. The van der Waals surface area contributed by atoms with Gasteiger partial charge < -0.3 is 0 Å². The van der Waals surface area contributed by atoms with Crippen molar-refractivity contribution >= 4 is 38.2 Å². The Morgan fingerprint density at radius 1 is 1.32 bits per heavy atom. The number of hydrogen-bond donors (Lipinski definition) is 1. The van der Waals surface area contributed by atoms with Gasteiger partial charge in [0.15, 0.2) is 0 Å². The topological polar surface area (TPSA) is 59.1 Å². The minimum absolute atomic E-state index is 0.0200. The number of alkyl halides is 1. The first-order valence-electron chi connectivity index (χ1n) is 5.94. The Bertz CT molecular complexity index is 686. The summed E-state index contributed by atoms with van der Waals surface area (Å²) in [5, 5.41) is 0.803. The average molecular weight is 299 g/mol. The van der Waals surface area contributed by atoms with Crippen LogP contribution in [0.25, 0.3) is 10.9 Å².